The molecule has 26 heavy (non-hydrogen) atoms. The van der Waals surface area contributed by atoms with Crippen molar-refractivity contribution < 1.29 is 0 Å². The van der Waals surface area contributed by atoms with Crippen molar-refractivity contribution in [3.63, 3.8) is 0 Å². The molecule has 9 nitrogen and oxygen atoms in total. The molecule has 9 heteroatoms. The van der Waals surface area contributed by atoms with Crippen LogP contribution in [0.4, 0.5) is 5.95 Å². The third-order valence-corrected chi connectivity index (χ3v) is 4.98. The lowest BCUT2D eigenvalue weighted by atomic mass is 9.93. The third-order valence-electron chi connectivity index (χ3n) is 4.98. The van der Waals surface area contributed by atoms with E-state index in [9.17, 15) is 4.79 Å². The van der Waals surface area contributed by atoms with Gasteiger partial charge in [0.25, 0.3) is 0 Å². The number of tetrazole rings is 1. The van der Waals surface area contributed by atoms with Crippen LogP contribution < -0.4 is 10.6 Å². The maximum atomic E-state index is 11.7. The molecule has 4 rings (SSSR count). The fourth-order valence-electron chi connectivity index (χ4n) is 3.54. The van der Waals surface area contributed by atoms with Gasteiger partial charge in [-0.2, -0.15) is 9.78 Å². The molecule has 136 valence electrons. The zero-order valence-corrected chi connectivity index (χ0v) is 14.7. The number of piperidine rings is 1. The number of para-hydroxylation sites is 1. The van der Waals surface area contributed by atoms with E-state index in [0.717, 1.165) is 49.8 Å². The minimum Gasteiger partial charge on any atom is -0.339 e. The Morgan fingerprint density at radius 2 is 1.96 bits per heavy atom. The highest BCUT2D eigenvalue weighted by Gasteiger charge is 2.25. The summed E-state index contributed by atoms with van der Waals surface area (Å²) >= 11 is 0. The normalized spacial score (nSPS) is 15.5. The van der Waals surface area contributed by atoms with Crippen LogP contribution in [0, 0.1) is 5.92 Å². The standard InChI is InChI=1S/C17H22N8O/c1-2-24-15(18-20-17(24)26)12-13-8-10-23(11-9-13)16-19-21-22-25(16)14-6-4-3-5-7-14/h3-7,13H,2,8-12H2,1H3,(H,20,26). The van der Waals surface area contributed by atoms with Crippen molar-refractivity contribution in [2.75, 3.05) is 18.0 Å². The number of rotatable bonds is 5. The molecule has 0 aliphatic carbocycles. The average Bonchev–Trinajstić information content (AvgIpc) is 3.30. The first-order valence-electron chi connectivity index (χ1n) is 8.99. The van der Waals surface area contributed by atoms with E-state index in [1.54, 1.807) is 9.25 Å². The predicted molar refractivity (Wildman–Crippen MR) is 96.3 cm³/mol. The van der Waals surface area contributed by atoms with E-state index in [-0.39, 0.29) is 5.69 Å². The second kappa shape index (κ2) is 7.11. The zero-order valence-electron chi connectivity index (χ0n) is 14.7. The summed E-state index contributed by atoms with van der Waals surface area (Å²) in [5.41, 5.74) is 0.833. The molecular weight excluding hydrogens is 332 g/mol. The molecule has 1 aliphatic heterocycles. The van der Waals surface area contributed by atoms with Crippen LogP contribution in [0.2, 0.25) is 0 Å². The molecule has 1 aromatic carbocycles. The van der Waals surface area contributed by atoms with Gasteiger partial charge in [-0.15, -0.1) is 0 Å². The van der Waals surface area contributed by atoms with Gasteiger partial charge < -0.3 is 4.90 Å². The van der Waals surface area contributed by atoms with Gasteiger partial charge in [0.15, 0.2) is 0 Å². The number of nitrogens with zero attached hydrogens (tertiary/aromatic N) is 7. The van der Waals surface area contributed by atoms with Crippen LogP contribution in [0.3, 0.4) is 0 Å². The molecule has 0 radical (unpaired) electrons. The summed E-state index contributed by atoms with van der Waals surface area (Å²) in [5.74, 6) is 2.14. The molecule has 0 spiro atoms. The minimum atomic E-state index is -0.123. The van der Waals surface area contributed by atoms with Crippen LogP contribution in [-0.2, 0) is 13.0 Å². The lowest BCUT2D eigenvalue weighted by Crippen LogP contribution is -2.36. The van der Waals surface area contributed by atoms with E-state index in [1.165, 1.54) is 0 Å². The molecule has 0 atom stereocenters. The molecule has 0 saturated carbocycles. The Labute approximate surface area is 150 Å². The SMILES string of the molecule is CCn1c(CC2CCN(c3nnnn3-c3ccccc3)CC2)n[nH]c1=O. The molecule has 3 aromatic rings. The second-order valence-electron chi connectivity index (χ2n) is 6.55. The van der Waals surface area contributed by atoms with Crippen LogP contribution in [0.5, 0.6) is 0 Å². The molecule has 0 amide bonds. The molecule has 1 N–H and O–H groups in total. The molecule has 0 bridgehead atoms. The number of H-pyrrole nitrogens is 1. The van der Waals surface area contributed by atoms with Gasteiger partial charge in [-0.1, -0.05) is 23.3 Å². The van der Waals surface area contributed by atoms with Gasteiger partial charge in [0.2, 0.25) is 5.95 Å². The summed E-state index contributed by atoms with van der Waals surface area (Å²) < 4.78 is 3.49. The Balaban J connectivity index is 1.43. The fraction of sp³-hybridized carbons (Fsp3) is 0.471. The van der Waals surface area contributed by atoms with Gasteiger partial charge in [0.05, 0.1) is 5.69 Å². The number of aromatic amines is 1. The maximum absolute atomic E-state index is 11.7. The van der Waals surface area contributed by atoms with E-state index >= 15 is 0 Å². The summed E-state index contributed by atoms with van der Waals surface area (Å²) in [6, 6.07) is 9.92. The Bertz CT molecular complexity index is 904. The van der Waals surface area contributed by atoms with Crippen molar-refractivity contribution in [2.24, 2.45) is 5.92 Å². The van der Waals surface area contributed by atoms with Crippen LogP contribution in [0.15, 0.2) is 35.1 Å². The highest BCUT2D eigenvalue weighted by atomic mass is 16.1. The van der Waals surface area contributed by atoms with Gasteiger partial charge in [0.1, 0.15) is 5.82 Å². The Morgan fingerprint density at radius 3 is 2.69 bits per heavy atom. The fourth-order valence-corrected chi connectivity index (χ4v) is 3.54. The highest BCUT2D eigenvalue weighted by Crippen LogP contribution is 2.24. The monoisotopic (exact) mass is 354 g/mol. The van der Waals surface area contributed by atoms with E-state index in [2.05, 4.69) is 30.6 Å². The zero-order chi connectivity index (χ0) is 17.9. The van der Waals surface area contributed by atoms with E-state index in [4.69, 9.17) is 0 Å². The quantitative estimate of drug-likeness (QED) is 0.735. The van der Waals surface area contributed by atoms with E-state index < -0.39 is 0 Å². The van der Waals surface area contributed by atoms with Crippen molar-refractivity contribution in [3.05, 3.63) is 46.6 Å². The van der Waals surface area contributed by atoms with Gasteiger partial charge in [-0.25, -0.2) is 9.89 Å². The Morgan fingerprint density at radius 1 is 1.19 bits per heavy atom. The van der Waals surface area contributed by atoms with Crippen molar-refractivity contribution in [3.8, 4) is 5.69 Å². The lowest BCUT2D eigenvalue weighted by molar-refractivity contribution is 0.387. The van der Waals surface area contributed by atoms with Crippen LogP contribution >= 0.6 is 0 Å². The smallest absolute Gasteiger partial charge is 0.339 e. The summed E-state index contributed by atoms with van der Waals surface area (Å²) in [6.07, 6.45) is 2.86. The molecule has 0 unspecified atom stereocenters. The van der Waals surface area contributed by atoms with Crippen molar-refractivity contribution in [2.45, 2.75) is 32.7 Å². The summed E-state index contributed by atoms with van der Waals surface area (Å²) in [5, 5.41) is 18.9. The number of benzene rings is 1. The molecule has 1 saturated heterocycles. The van der Waals surface area contributed by atoms with Crippen LogP contribution in [0.25, 0.3) is 5.69 Å². The number of hydrogen-bond donors (Lipinski definition) is 1. The number of anilines is 1. The minimum absolute atomic E-state index is 0.123. The second-order valence-corrected chi connectivity index (χ2v) is 6.55. The first-order chi connectivity index (χ1) is 12.8. The third kappa shape index (κ3) is 3.12. The van der Waals surface area contributed by atoms with Gasteiger partial charge >= 0.3 is 5.69 Å². The first kappa shape index (κ1) is 16.5. The number of nitrogens with one attached hydrogen (secondary N) is 1. The number of aromatic nitrogens is 7. The molecule has 2 aromatic heterocycles. The van der Waals surface area contributed by atoms with E-state index in [0.29, 0.717) is 12.5 Å². The largest absolute Gasteiger partial charge is 0.343 e. The lowest BCUT2D eigenvalue weighted by Gasteiger charge is -2.31. The maximum Gasteiger partial charge on any atom is 0.343 e. The van der Waals surface area contributed by atoms with Gasteiger partial charge in [0, 0.05) is 26.1 Å². The molecular formula is C17H22N8O. The first-order valence-corrected chi connectivity index (χ1v) is 8.99. The van der Waals surface area contributed by atoms with Crippen LogP contribution in [0.1, 0.15) is 25.6 Å². The highest BCUT2D eigenvalue weighted by molar-refractivity contribution is 5.40. The molecule has 1 fully saturated rings. The predicted octanol–water partition coefficient (Wildman–Crippen LogP) is 1.03. The molecule has 1 aliphatic rings. The van der Waals surface area contributed by atoms with Crippen molar-refractivity contribution >= 4 is 5.95 Å². The Hall–Kier alpha value is -2.97. The van der Waals surface area contributed by atoms with Crippen LogP contribution in [-0.4, -0.2) is 48.1 Å². The summed E-state index contributed by atoms with van der Waals surface area (Å²) in [4.78, 5) is 13.9. The summed E-state index contributed by atoms with van der Waals surface area (Å²) in [6.45, 7) is 4.39. The van der Waals surface area contributed by atoms with Gasteiger partial charge in [-0.3, -0.25) is 4.57 Å². The van der Waals surface area contributed by atoms with Gasteiger partial charge in [-0.05, 0) is 48.2 Å². The van der Waals surface area contributed by atoms with E-state index in [1.807, 2.05) is 37.3 Å². The number of hydrogen-bond acceptors (Lipinski definition) is 6. The average molecular weight is 354 g/mol. The van der Waals surface area contributed by atoms with Crippen molar-refractivity contribution in [1.29, 1.82) is 0 Å². The Kier molecular flexibility index (Phi) is 4.51. The topological polar surface area (TPSA) is 97.5 Å². The summed E-state index contributed by atoms with van der Waals surface area (Å²) in [7, 11) is 0. The molecule has 3 heterocycles. The van der Waals surface area contributed by atoms with Crippen molar-refractivity contribution in [1.82, 2.24) is 35.0 Å².